The maximum atomic E-state index is 11.5. The van der Waals surface area contributed by atoms with E-state index < -0.39 is 11.7 Å². The first-order chi connectivity index (χ1) is 9.37. The molecule has 110 valence electrons. The molecule has 3 N–H and O–H groups in total. The number of alkyl carbamates (subject to hydrolysis) is 1. The third kappa shape index (κ3) is 7.59. The third-order valence-electron chi connectivity index (χ3n) is 2.46. The van der Waals surface area contributed by atoms with E-state index >= 15 is 0 Å². The monoisotopic (exact) mass is 276 g/mol. The van der Waals surface area contributed by atoms with Crippen molar-refractivity contribution < 1.29 is 9.53 Å². The molecule has 1 amide bonds. The van der Waals surface area contributed by atoms with Gasteiger partial charge in [0.05, 0.1) is 0 Å². The van der Waals surface area contributed by atoms with Gasteiger partial charge in [-0.1, -0.05) is 42.5 Å². The first kappa shape index (κ1) is 16.2. The smallest absolute Gasteiger partial charge is 0.407 e. The number of ether oxygens (including phenoxy) is 1. The van der Waals surface area contributed by atoms with E-state index in [4.69, 9.17) is 10.5 Å². The van der Waals surface area contributed by atoms with Crippen molar-refractivity contribution in [3.8, 4) is 0 Å². The molecule has 0 aliphatic heterocycles. The minimum Gasteiger partial charge on any atom is -0.444 e. The first-order valence-corrected chi connectivity index (χ1v) is 6.81. The van der Waals surface area contributed by atoms with E-state index in [0.717, 1.165) is 5.56 Å². The normalized spacial score (nSPS) is 13.2. The molecule has 0 saturated heterocycles. The van der Waals surface area contributed by atoms with Crippen molar-refractivity contribution in [2.24, 2.45) is 5.73 Å². The molecule has 0 fully saturated rings. The predicted molar refractivity (Wildman–Crippen MR) is 82.3 cm³/mol. The molecule has 4 heteroatoms. The van der Waals surface area contributed by atoms with Gasteiger partial charge in [0.2, 0.25) is 0 Å². The zero-order valence-corrected chi connectivity index (χ0v) is 12.4. The molecule has 1 atom stereocenters. The van der Waals surface area contributed by atoms with Gasteiger partial charge in [0.25, 0.3) is 0 Å². The number of hydrogen-bond donors (Lipinski definition) is 2. The SMILES string of the molecule is CC(C)(C)OC(=O)NCC(N)C/C=C/c1ccccc1. The van der Waals surface area contributed by atoms with Gasteiger partial charge in [-0.25, -0.2) is 4.79 Å². The molecule has 4 nitrogen and oxygen atoms in total. The molecular weight excluding hydrogens is 252 g/mol. The van der Waals surface area contributed by atoms with E-state index in [1.54, 1.807) is 0 Å². The highest BCUT2D eigenvalue weighted by atomic mass is 16.6. The van der Waals surface area contributed by atoms with Crippen LogP contribution in [0, 0.1) is 0 Å². The van der Waals surface area contributed by atoms with Crippen molar-refractivity contribution in [3.05, 3.63) is 42.0 Å². The van der Waals surface area contributed by atoms with Gasteiger partial charge >= 0.3 is 6.09 Å². The molecule has 0 heterocycles. The second kappa shape index (κ2) is 7.70. The highest BCUT2D eigenvalue weighted by Crippen LogP contribution is 2.06. The van der Waals surface area contributed by atoms with Gasteiger partial charge in [0.1, 0.15) is 5.60 Å². The summed E-state index contributed by atoms with van der Waals surface area (Å²) in [6, 6.07) is 9.89. The van der Waals surface area contributed by atoms with Gasteiger partial charge in [-0.05, 0) is 32.8 Å². The molecule has 0 aromatic heterocycles. The number of carbonyl (C=O) groups excluding carboxylic acids is 1. The average molecular weight is 276 g/mol. The molecule has 0 radical (unpaired) electrons. The Morgan fingerprint density at radius 1 is 1.35 bits per heavy atom. The topological polar surface area (TPSA) is 64.3 Å². The number of benzene rings is 1. The van der Waals surface area contributed by atoms with E-state index in [9.17, 15) is 4.79 Å². The first-order valence-electron chi connectivity index (χ1n) is 6.81. The van der Waals surface area contributed by atoms with Gasteiger partial charge in [-0.15, -0.1) is 0 Å². The fourth-order valence-electron chi connectivity index (χ4n) is 1.56. The van der Waals surface area contributed by atoms with E-state index in [1.807, 2.05) is 63.3 Å². The van der Waals surface area contributed by atoms with Crippen molar-refractivity contribution in [3.63, 3.8) is 0 Å². The van der Waals surface area contributed by atoms with Crippen LogP contribution in [0.2, 0.25) is 0 Å². The molecule has 20 heavy (non-hydrogen) atoms. The summed E-state index contributed by atoms with van der Waals surface area (Å²) < 4.78 is 5.14. The fraction of sp³-hybridized carbons (Fsp3) is 0.438. The van der Waals surface area contributed by atoms with Gasteiger partial charge in [-0.2, -0.15) is 0 Å². The number of nitrogens with one attached hydrogen (secondary N) is 1. The Kier molecular flexibility index (Phi) is 6.25. The molecule has 0 spiro atoms. The number of amides is 1. The van der Waals surface area contributed by atoms with Crippen LogP contribution in [0.5, 0.6) is 0 Å². The zero-order chi connectivity index (χ0) is 15.0. The van der Waals surface area contributed by atoms with Crippen LogP contribution in [-0.2, 0) is 4.74 Å². The van der Waals surface area contributed by atoms with E-state index in [0.29, 0.717) is 13.0 Å². The summed E-state index contributed by atoms with van der Waals surface area (Å²) in [7, 11) is 0. The minimum atomic E-state index is -0.485. The van der Waals surface area contributed by atoms with Crippen molar-refractivity contribution in [1.82, 2.24) is 5.32 Å². The zero-order valence-electron chi connectivity index (χ0n) is 12.4. The number of carbonyl (C=O) groups is 1. The van der Waals surface area contributed by atoms with Crippen LogP contribution in [0.4, 0.5) is 4.79 Å². The fourth-order valence-corrected chi connectivity index (χ4v) is 1.56. The number of rotatable bonds is 5. The summed E-state index contributed by atoms with van der Waals surface area (Å²) in [6.07, 6.45) is 4.30. The van der Waals surface area contributed by atoms with E-state index in [2.05, 4.69) is 5.32 Å². The Balaban J connectivity index is 2.25. The molecule has 1 unspecified atom stereocenters. The molecule has 1 aromatic carbocycles. The highest BCUT2D eigenvalue weighted by molar-refractivity contribution is 5.67. The standard InChI is InChI=1S/C16H24N2O2/c1-16(2,3)20-15(19)18-12-14(17)11-7-10-13-8-5-4-6-9-13/h4-10,14H,11-12,17H2,1-3H3,(H,18,19)/b10-7+. The Bertz CT molecular complexity index is 436. The summed E-state index contributed by atoms with van der Waals surface area (Å²) >= 11 is 0. The van der Waals surface area contributed by atoms with Crippen molar-refractivity contribution in [2.75, 3.05) is 6.54 Å². The predicted octanol–water partition coefficient (Wildman–Crippen LogP) is 2.94. The number of nitrogens with two attached hydrogens (primary N) is 1. The van der Waals surface area contributed by atoms with Gasteiger partial charge in [0.15, 0.2) is 0 Å². The second-order valence-corrected chi connectivity index (χ2v) is 5.69. The molecule has 0 aliphatic rings. The lowest BCUT2D eigenvalue weighted by Crippen LogP contribution is -2.39. The van der Waals surface area contributed by atoms with Crippen LogP contribution in [0.1, 0.15) is 32.8 Å². The Morgan fingerprint density at radius 2 is 2.00 bits per heavy atom. The minimum absolute atomic E-state index is 0.123. The Labute approximate surface area is 121 Å². The molecule has 0 saturated carbocycles. The summed E-state index contributed by atoms with van der Waals surface area (Å²) in [4.78, 5) is 11.5. The average Bonchev–Trinajstić information content (AvgIpc) is 2.36. The Hall–Kier alpha value is -1.81. The van der Waals surface area contributed by atoms with Crippen LogP contribution in [-0.4, -0.2) is 24.3 Å². The van der Waals surface area contributed by atoms with Crippen LogP contribution in [0.15, 0.2) is 36.4 Å². The lowest BCUT2D eigenvalue weighted by molar-refractivity contribution is 0.0524. The second-order valence-electron chi connectivity index (χ2n) is 5.69. The largest absolute Gasteiger partial charge is 0.444 e. The molecule has 0 bridgehead atoms. The summed E-state index contributed by atoms with van der Waals surface area (Å²) in [5, 5.41) is 2.67. The lowest BCUT2D eigenvalue weighted by Gasteiger charge is -2.20. The summed E-state index contributed by atoms with van der Waals surface area (Å²) in [6.45, 7) is 5.88. The summed E-state index contributed by atoms with van der Waals surface area (Å²) in [5.74, 6) is 0. The highest BCUT2D eigenvalue weighted by Gasteiger charge is 2.16. The third-order valence-corrected chi connectivity index (χ3v) is 2.46. The van der Waals surface area contributed by atoms with Crippen LogP contribution < -0.4 is 11.1 Å². The van der Waals surface area contributed by atoms with Gasteiger partial charge in [-0.3, -0.25) is 0 Å². The van der Waals surface area contributed by atoms with Crippen molar-refractivity contribution >= 4 is 12.2 Å². The molecule has 1 rings (SSSR count). The maximum absolute atomic E-state index is 11.5. The van der Waals surface area contributed by atoms with E-state index in [-0.39, 0.29) is 6.04 Å². The lowest BCUT2D eigenvalue weighted by atomic mass is 10.1. The van der Waals surface area contributed by atoms with E-state index in [1.165, 1.54) is 0 Å². The summed E-state index contributed by atoms with van der Waals surface area (Å²) in [5.41, 5.74) is 6.58. The van der Waals surface area contributed by atoms with Gasteiger partial charge in [0, 0.05) is 12.6 Å². The van der Waals surface area contributed by atoms with Gasteiger partial charge < -0.3 is 15.8 Å². The quantitative estimate of drug-likeness (QED) is 0.869. The van der Waals surface area contributed by atoms with Crippen LogP contribution >= 0.6 is 0 Å². The maximum Gasteiger partial charge on any atom is 0.407 e. The van der Waals surface area contributed by atoms with Crippen molar-refractivity contribution in [1.29, 1.82) is 0 Å². The van der Waals surface area contributed by atoms with Crippen molar-refractivity contribution in [2.45, 2.75) is 38.8 Å². The van der Waals surface area contributed by atoms with Crippen LogP contribution in [0.3, 0.4) is 0 Å². The molecule has 0 aliphatic carbocycles. The number of hydrogen-bond acceptors (Lipinski definition) is 3. The molecule has 1 aromatic rings. The van der Waals surface area contributed by atoms with Crippen LogP contribution in [0.25, 0.3) is 6.08 Å². The Morgan fingerprint density at radius 3 is 2.60 bits per heavy atom. The molecular formula is C16H24N2O2.